The minimum Gasteiger partial charge on any atom is -0.481 e. The van der Waals surface area contributed by atoms with Crippen molar-refractivity contribution in [3.05, 3.63) is 12.2 Å². The van der Waals surface area contributed by atoms with Gasteiger partial charge in [-0.15, -0.1) is 0 Å². The van der Waals surface area contributed by atoms with Gasteiger partial charge in [0.25, 0.3) is 0 Å². The third-order valence-corrected chi connectivity index (χ3v) is 6.19. The molecular weight excluding hydrogens is 422 g/mol. The smallest absolute Gasteiger partial charge is 0.303 e. The molecule has 0 aliphatic rings. The van der Waals surface area contributed by atoms with Gasteiger partial charge in [0.15, 0.2) is 0 Å². The lowest BCUT2D eigenvalue weighted by molar-refractivity contribution is -0.929. The summed E-state index contributed by atoms with van der Waals surface area (Å²) in [6.45, 7) is 5.04. The third kappa shape index (κ3) is 20.4. The highest BCUT2D eigenvalue weighted by Gasteiger charge is 2.27. The number of aliphatic carboxylic acids is 3. The fourth-order valence-corrected chi connectivity index (χ4v) is 4.36. The predicted octanol–water partition coefficient (Wildman–Crippen LogP) is 5.87. The number of carbonyl (C=O) groups is 3. The molecule has 0 aliphatic heterocycles. The molecular formula is C26H48NO6+. The van der Waals surface area contributed by atoms with Gasteiger partial charge in [-0.25, -0.2) is 0 Å². The Bertz CT molecular complexity index is 511. The van der Waals surface area contributed by atoms with Crippen molar-refractivity contribution >= 4 is 17.9 Å². The molecule has 7 heteroatoms. The van der Waals surface area contributed by atoms with Crippen molar-refractivity contribution < 1.29 is 34.2 Å². The van der Waals surface area contributed by atoms with Gasteiger partial charge in [-0.3, -0.25) is 14.4 Å². The molecule has 33 heavy (non-hydrogen) atoms. The zero-order chi connectivity index (χ0) is 24.8. The normalized spacial score (nSPS) is 11.8. The van der Waals surface area contributed by atoms with Gasteiger partial charge >= 0.3 is 17.9 Å². The van der Waals surface area contributed by atoms with Gasteiger partial charge < -0.3 is 19.8 Å². The van der Waals surface area contributed by atoms with Crippen LogP contribution in [0.25, 0.3) is 0 Å². The van der Waals surface area contributed by atoms with E-state index in [0.717, 1.165) is 19.4 Å². The van der Waals surface area contributed by atoms with E-state index in [4.69, 9.17) is 15.3 Å². The molecule has 192 valence electrons. The van der Waals surface area contributed by atoms with Crippen molar-refractivity contribution in [3.8, 4) is 0 Å². The molecule has 0 unspecified atom stereocenters. The molecule has 3 N–H and O–H groups in total. The molecule has 0 rings (SSSR count). The largest absolute Gasteiger partial charge is 0.481 e. The van der Waals surface area contributed by atoms with Crippen LogP contribution in [0.2, 0.25) is 0 Å². The molecule has 0 aromatic heterocycles. The zero-order valence-corrected chi connectivity index (χ0v) is 20.8. The lowest BCUT2D eigenvalue weighted by Crippen LogP contribution is -2.51. The Morgan fingerprint density at radius 2 is 0.909 bits per heavy atom. The molecule has 0 amide bonds. The van der Waals surface area contributed by atoms with Crippen LogP contribution >= 0.6 is 0 Å². The maximum atomic E-state index is 11.0. The first kappa shape index (κ1) is 31.1. The van der Waals surface area contributed by atoms with Crippen LogP contribution in [0, 0.1) is 0 Å². The van der Waals surface area contributed by atoms with Gasteiger partial charge in [0.1, 0.15) is 0 Å². The van der Waals surface area contributed by atoms with E-state index < -0.39 is 17.9 Å². The van der Waals surface area contributed by atoms with Crippen LogP contribution in [0.1, 0.15) is 110 Å². The number of hydrogen-bond donors (Lipinski definition) is 3. The average molecular weight is 471 g/mol. The lowest BCUT2D eigenvalue weighted by Gasteiger charge is -2.39. The minimum absolute atomic E-state index is 0.0888. The first-order valence-electron chi connectivity index (χ1n) is 13.0. The Morgan fingerprint density at radius 3 is 1.33 bits per heavy atom. The summed E-state index contributed by atoms with van der Waals surface area (Å²) < 4.78 is 0.637. The van der Waals surface area contributed by atoms with Crippen molar-refractivity contribution in [1.29, 1.82) is 0 Å². The number of carboxylic acid groups (broad SMARTS) is 3. The summed E-state index contributed by atoms with van der Waals surface area (Å²) in [6, 6.07) is 0. The monoisotopic (exact) mass is 470 g/mol. The molecule has 0 aromatic carbocycles. The van der Waals surface area contributed by atoms with Crippen molar-refractivity contribution in [3.63, 3.8) is 0 Å². The summed E-state index contributed by atoms with van der Waals surface area (Å²) in [5.74, 6) is -2.49. The van der Waals surface area contributed by atoms with Crippen LogP contribution in [0.5, 0.6) is 0 Å². The SMILES string of the molecule is CCC/C=C/CCCCCCCCC[N+](CCCC(=O)O)(CCCC(=O)O)CCCC(=O)O. The molecule has 0 heterocycles. The van der Waals surface area contributed by atoms with E-state index in [0.29, 0.717) is 43.4 Å². The zero-order valence-electron chi connectivity index (χ0n) is 20.8. The Hall–Kier alpha value is -1.89. The van der Waals surface area contributed by atoms with E-state index in [9.17, 15) is 14.4 Å². The second-order valence-electron chi connectivity index (χ2n) is 9.25. The number of allylic oxidation sites excluding steroid dienone is 2. The fourth-order valence-electron chi connectivity index (χ4n) is 4.36. The van der Waals surface area contributed by atoms with Crippen molar-refractivity contribution in [2.45, 2.75) is 110 Å². The minimum atomic E-state index is -0.829. The van der Waals surface area contributed by atoms with Crippen LogP contribution < -0.4 is 0 Å². The first-order valence-corrected chi connectivity index (χ1v) is 13.0. The molecule has 0 bridgehead atoms. The highest BCUT2D eigenvalue weighted by Crippen LogP contribution is 2.18. The lowest BCUT2D eigenvalue weighted by atomic mass is 10.1. The van der Waals surface area contributed by atoms with Crippen LogP contribution in [0.15, 0.2) is 12.2 Å². The molecule has 0 atom stereocenters. The van der Waals surface area contributed by atoms with Crippen molar-refractivity contribution in [2.24, 2.45) is 0 Å². The number of unbranched alkanes of at least 4 members (excludes halogenated alkanes) is 8. The average Bonchev–Trinajstić information content (AvgIpc) is 2.73. The number of carboxylic acids is 3. The van der Waals surface area contributed by atoms with E-state index in [1.807, 2.05) is 0 Å². The topological polar surface area (TPSA) is 112 Å². The number of hydrogen-bond acceptors (Lipinski definition) is 3. The Kier molecular flexibility index (Phi) is 19.5. The van der Waals surface area contributed by atoms with Gasteiger partial charge in [-0.05, 0) is 32.1 Å². The van der Waals surface area contributed by atoms with Crippen LogP contribution in [-0.4, -0.2) is 63.9 Å². The van der Waals surface area contributed by atoms with Crippen molar-refractivity contribution in [2.75, 3.05) is 26.2 Å². The van der Waals surface area contributed by atoms with Gasteiger partial charge in [0.2, 0.25) is 0 Å². The number of nitrogens with zero attached hydrogens (tertiary/aromatic N) is 1. The maximum Gasteiger partial charge on any atom is 0.303 e. The van der Waals surface area contributed by atoms with Gasteiger partial charge in [-0.1, -0.05) is 51.2 Å². The second-order valence-corrected chi connectivity index (χ2v) is 9.25. The summed E-state index contributed by atoms with van der Waals surface area (Å²) in [6.07, 6.45) is 18.2. The molecule has 0 radical (unpaired) electrons. The number of rotatable bonds is 24. The molecule has 0 aliphatic carbocycles. The maximum absolute atomic E-state index is 11.0. The Morgan fingerprint density at radius 1 is 0.545 bits per heavy atom. The summed E-state index contributed by atoms with van der Waals surface area (Å²) in [5.41, 5.74) is 0. The highest BCUT2D eigenvalue weighted by molar-refractivity contribution is 5.67. The third-order valence-electron chi connectivity index (χ3n) is 6.19. The highest BCUT2D eigenvalue weighted by atomic mass is 16.4. The van der Waals surface area contributed by atoms with Crippen LogP contribution in [0.3, 0.4) is 0 Å². The predicted molar refractivity (Wildman–Crippen MR) is 131 cm³/mol. The first-order chi connectivity index (χ1) is 15.8. The molecule has 0 aromatic rings. The van der Waals surface area contributed by atoms with Crippen LogP contribution in [0.4, 0.5) is 0 Å². The van der Waals surface area contributed by atoms with Gasteiger partial charge in [-0.2, -0.15) is 0 Å². The summed E-state index contributed by atoms with van der Waals surface area (Å²) >= 11 is 0. The summed E-state index contributed by atoms with van der Waals surface area (Å²) in [7, 11) is 0. The van der Waals surface area contributed by atoms with E-state index in [2.05, 4.69) is 19.1 Å². The molecule has 7 nitrogen and oxygen atoms in total. The van der Waals surface area contributed by atoms with E-state index >= 15 is 0 Å². The standard InChI is InChI=1S/C26H47NO6/c1-2-3-4-5-6-7-8-9-10-11-12-13-20-27(21-14-17-24(28)29,22-15-18-25(30)31)23-16-19-26(32)33/h4-5H,2-3,6-23H2,1H3,(H2-,28,29,30,31,32,33)/p+1/b5-4+. The van der Waals surface area contributed by atoms with Gasteiger partial charge in [0, 0.05) is 19.3 Å². The molecule has 0 fully saturated rings. The van der Waals surface area contributed by atoms with E-state index in [1.165, 1.54) is 51.4 Å². The molecule has 0 saturated carbocycles. The summed E-state index contributed by atoms with van der Waals surface area (Å²) in [4.78, 5) is 33.0. The molecule has 0 spiro atoms. The van der Waals surface area contributed by atoms with Gasteiger partial charge in [0.05, 0.1) is 45.4 Å². The fraction of sp³-hybridized carbons (Fsp3) is 0.808. The molecule has 0 saturated heterocycles. The van der Waals surface area contributed by atoms with E-state index in [1.54, 1.807) is 0 Å². The van der Waals surface area contributed by atoms with Crippen LogP contribution in [-0.2, 0) is 14.4 Å². The van der Waals surface area contributed by atoms with E-state index in [-0.39, 0.29) is 19.3 Å². The second kappa shape index (κ2) is 20.7. The van der Waals surface area contributed by atoms with Crippen molar-refractivity contribution in [1.82, 2.24) is 0 Å². The Balaban J connectivity index is 4.52. The Labute approximate surface area is 200 Å². The summed E-state index contributed by atoms with van der Waals surface area (Å²) in [5, 5.41) is 27.1. The quantitative estimate of drug-likeness (QED) is 0.0923. The number of quaternary nitrogens is 1.